The third-order valence-electron chi connectivity index (χ3n) is 2.31. The second kappa shape index (κ2) is 4.09. The average molecular weight is 195 g/mol. The molecule has 0 bridgehead atoms. The molecule has 0 heterocycles. The van der Waals surface area contributed by atoms with Crippen LogP contribution in [0.15, 0.2) is 24.3 Å². The van der Waals surface area contributed by atoms with E-state index in [-0.39, 0.29) is 5.41 Å². The summed E-state index contributed by atoms with van der Waals surface area (Å²) < 4.78 is 14.0. The molecule has 0 aliphatic heterocycles. The molecule has 1 atom stereocenters. The van der Waals surface area contributed by atoms with Gasteiger partial charge >= 0.3 is 0 Å². The maximum Gasteiger partial charge on any atom is 0.130 e. The van der Waals surface area contributed by atoms with E-state index >= 15 is 0 Å². The highest BCUT2D eigenvalue weighted by Gasteiger charge is 2.27. The highest BCUT2D eigenvalue weighted by Crippen LogP contribution is 2.37. The first-order valence-corrected chi connectivity index (χ1v) is 4.88. The van der Waals surface area contributed by atoms with Crippen molar-refractivity contribution in [1.82, 2.24) is 0 Å². The molecule has 2 heteroatoms. The molecule has 0 aliphatic carbocycles. The van der Waals surface area contributed by atoms with Crippen LogP contribution < -0.4 is 5.73 Å². The molecule has 0 amide bonds. The van der Waals surface area contributed by atoms with E-state index < -0.39 is 6.17 Å². The highest BCUT2D eigenvalue weighted by molar-refractivity contribution is 5.29. The Labute approximate surface area is 85.1 Å². The van der Waals surface area contributed by atoms with Gasteiger partial charge in [0, 0.05) is 6.54 Å². The lowest BCUT2D eigenvalue weighted by Crippen LogP contribution is -2.16. The summed E-state index contributed by atoms with van der Waals surface area (Å²) >= 11 is 0. The maximum absolute atomic E-state index is 14.0. The number of rotatable bonds is 2. The molecule has 78 valence electrons. The number of alkyl halides is 1. The SMILES string of the molecule is CC(C)(C)C(F)c1ccccc1CN. The summed E-state index contributed by atoms with van der Waals surface area (Å²) in [5.41, 5.74) is 6.82. The predicted octanol–water partition coefficient (Wildman–Crippen LogP) is 3.20. The third kappa shape index (κ3) is 2.32. The Morgan fingerprint density at radius 1 is 1.29 bits per heavy atom. The monoisotopic (exact) mass is 195 g/mol. The quantitative estimate of drug-likeness (QED) is 0.770. The van der Waals surface area contributed by atoms with E-state index in [0.717, 1.165) is 11.1 Å². The van der Waals surface area contributed by atoms with Crippen molar-refractivity contribution in [3.63, 3.8) is 0 Å². The van der Waals surface area contributed by atoms with Crippen molar-refractivity contribution >= 4 is 0 Å². The fraction of sp³-hybridized carbons (Fsp3) is 0.500. The number of benzene rings is 1. The largest absolute Gasteiger partial charge is 0.326 e. The predicted molar refractivity (Wildman–Crippen MR) is 57.6 cm³/mol. The Kier molecular flexibility index (Phi) is 3.27. The summed E-state index contributed by atoms with van der Waals surface area (Å²) in [6.45, 7) is 6.08. The molecular weight excluding hydrogens is 177 g/mol. The van der Waals surface area contributed by atoms with E-state index in [1.54, 1.807) is 0 Å². The average Bonchev–Trinajstić information content (AvgIpc) is 2.15. The number of nitrogens with two attached hydrogens (primary N) is 1. The molecule has 2 N–H and O–H groups in total. The molecule has 0 saturated carbocycles. The van der Waals surface area contributed by atoms with Crippen LogP contribution >= 0.6 is 0 Å². The van der Waals surface area contributed by atoms with Gasteiger partial charge in [-0.1, -0.05) is 45.0 Å². The van der Waals surface area contributed by atoms with Crippen molar-refractivity contribution in [3.05, 3.63) is 35.4 Å². The van der Waals surface area contributed by atoms with Gasteiger partial charge in [-0.15, -0.1) is 0 Å². The van der Waals surface area contributed by atoms with Crippen molar-refractivity contribution in [2.45, 2.75) is 33.5 Å². The second-order valence-corrected chi connectivity index (χ2v) is 4.63. The summed E-state index contributed by atoms with van der Waals surface area (Å²) in [5.74, 6) is 0. The van der Waals surface area contributed by atoms with Gasteiger partial charge < -0.3 is 5.73 Å². The summed E-state index contributed by atoms with van der Waals surface area (Å²) in [5, 5.41) is 0. The van der Waals surface area contributed by atoms with Gasteiger partial charge in [0.2, 0.25) is 0 Å². The Balaban J connectivity index is 3.06. The number of hydrogen-bond donors (Lipinski definition) is 1. The van der Waals surface area contributed by atoms with Crippen LogP contribution in [0.3, 0.4) is 0 Å². The molecule has 1 aromatic carbocycles. The maximum atomic E-state index is 14.0. The van der Waals surface area contributed by atoms with Crippen LogP contribution in [0.2, 0.25) is 0 Å². The molecule has 1 aromatic rings. The Morgan fingerprint density at radius 2 is 1.86 bits per heavy atom. The molecule has 0 aliphatic rings. The first-order valence-electron chi connectivity index (χ1n) is 4.88. The molecule has 1 rings (SSSR count). The lowest BCUT2D eigenvalue weighted by atomic mass is 9.84. The van der Waals surface area contributed by atoms with E-state index in [9.17, 15) is 4.39 Å². The van der Waals surface area contributed by atoms with Crippen molar-refractivity contribution in [2.24, 2.45) is 11.1 Å². The number of halogens is 1. The lowest BCUT2D eigenvalue weighted by Gasteiger charge is -2.25. The third-order valence-corrected chi connectivity index (χ3v) is 2.31. The fourth-order valence-corrected chi connectivity index (χ4v) is 1.43. The van der Waals surface area contributed by atoms with Gasteiger partial charge in [-0.3, -0.25) is 0 Å². The zero-order chi connectivity index (χ0) is 10.8. The second-order valence-electron chi connectivity index (χ2n) is 4.63. The van der Waals surface area contributed by atoms with Gasteiger partial charge in [0.25, 0.3) is 0 Å². The van der Waals surface area contributed by atoms with Gasteiger partial charge in [0.1, 0.15) is 6.17 Å². The zero-order valence-electron chi connectivity index (χ0n) is 9.05. The number of hydrogen-bond acceptors (Lipinski definition) is 1. The molecular formula is C12H18FN. The Hall–Kier alpha value is -0.890. The van der Waals surface area contributed by atoms with Crippen LogP contribution in [0, 0.1) is 5.41 Å². The van der Waals surface area contributed by atoms with E-state index in [4.69, 9.17) is 5.73 Å². The van der Waals surface area contributed by atoms with Gasteiger partial charge in [-0.2, -0.15) is 0 Å². The van der Waals surface area contributed by atoms with Crippen molar-refractivity contribution in [2.75, 3.05) is 0 Å². The molecule has 1 unspecified atom stereocenters. The summed E-state index contributed by atoms with van der Waals surface area (Å²) in [6, 6.07) is 7.44. The summed E-state index contributed by atoms with van der Waals surface area (Å²) in [7, 11) is 0. The standard InChI is InChI=1S/C12H18FN/c1-12(2,3)11(13)10-7-5-4-6-9(10)8-14/h4-7,11H,8,14H2,1-3H3. The highest BCUT2D eigenvalue weighted by atomic mass is 19.1. The van der Waals surface area contributed by atoms with Crippen molar-refractivity contribution in [3.8, 4) is 0 Å². The smallest absolute Gasteiger partial charge is 0.130 e. The summed E-state index contributed by atoms with van der Waals surface area (Å²) in [4.78, 5) is 0. The van der Waals surface area contributed by atoms with Gasteiger partial charge in [0.15, 0.2) is 0 Å². The van der Waals surface area contributed by atoms with Crippen LogP contribution in [0.4, 0.5) is 4.39 Å². The minimum Gasteiger partial charge on any atom is -0.326 e. The Morgan fingerprint density at radius 3 is 2.36 bits per heavy atom. The molecule has 0 spiro atoms. The zero-order valence-corrected chi connectivity index (χ0v) is 9.05. The van der Waals surface area contributed by atoms with Crippen LogP contribution in [0.25, 0.3) is 0 Å². The normalized spacial score (nSPS) is 14.1. The Bertz CT molecular complexity index is 301. The molecule has 1 nitrogen and oxygen atoms in total. The molecule has 0 saturated heterocycles. The first-order chi connectivity index (χ1) is 6.46. The van der Waals surface area contributed by atoms with E-state index in [1.165, 1.54) is 0 Å². The minimum atomic E-state index is -0.956. The first kappa shape index (κ1) is 11.2. The van der Waals surface area contributed by atoms with E-state index in [0.29, 0.717) is 6.54 Å². The lowest BCUT2D eigenvalue weighted by molar-refractivity contribution is 0.164. The van der Waals surface area contributed by atoms with Crippen LogP contribution in [0.5, 0.6) is 0 Å². The summed E-state index contributed by atoms with van der Waals surface area (Å²) in [6.07, 6.45) is -0.956. The molecule has 0 radical (unpaired) electrons. The van der Waals surface area contributed by atoms with Crippen molar-refractivity contribution < 1.29 is 4.39 Å². The minimum absolute atomic E-state index is 0.370. The van der Waals surface area contributed by atoms with Gasteiger partial charge in [-0.05, 0) is 16.5 Å². The van der Waals surface area contributed by atoms with Gasteiger partial charge in [-0.25, -0.2) is 4.39 Å². The van der Waals surface area contributed by atoms with E-state index in [1.807, 2.05) is 45.0 Å². The van der Waals surface area contributed by atoms with Gasteiger partial charge in [0.05, 0.1) is 0 Å². The molecule has 14 heavy (non-hydrogen) atoms. The molecule has 0 aromatic heterocycles. The topological polar surface area (TPSA) is 26.0 Å². The fourth-order valence-electron chi connectivity index (χ4n) is 1.43. The van der Waals surface area contributed by atoms with Crippen LogP contribution in [-0.4, -0.2) is 0 Å². The van der Waals surface area contributed by atoms with Crippen LogP contribution in [0.1, 0.15) is 38.1 Å². The van der Waals surface area contributed by atoms with Crippen LogP contribution in [-0.2, 0) is 6.54 Å². The van der Waals surface area contributed by atoms with E-state index in [2.05, 4.69) is 0 Å². The van der Waals surface area contributed by atoms with Crippen molar-refractivity contribution in [1.29, 1.82) is 0 Å². The molecule has 0 fully saturated rings.